The molecule has 1 aliphatic rings. The predicted molar refractivity (Wildman–Crippen MR) is 167 cm³/mol. The lowest BCUT2D eigenvalue weighted by Crippen LogP contribution is -2.44. The van der Waals surface area contributed by atoms with Crippen LogP contribution in [0.1, 0.15) is 37.2 Å². The van der Waals surface area contributed by atoms with Gasteiger partial charge in [-0.25, -0.2) is 4.98 Å². The smallest absolute Gasteiger partial charge is 0.115 e. The van der Waals surface area contributed by atoms with Gasteiger partial charge in [0.15, 0.2) is 0 Å². The van der Waals surface area contributed by atoms with Crippen LogP contribution in [0.25, 0.3) is 16.6 Å². The van der Waals surface area contributed by atoms with Gasteiger partial charge in [-0.1, -0.05) is 32.2 Å². The van der Waals surface area contributed by atoms with Crippen molar-refractivity contribution in [2.24, 2.45) is 0 Å². The molecular weight excluding hydrogens is 482 g/mol. The summed E-state index contributed by atoms with van der Waals surface area (Å²) < 4.78 is 0. The van der Waals surface area contributed by atoms with Crippen molar-refractivity contribution in [1.29, 1.82) is 0 Å². The number of allylic oxidation sites excluding steroid dienone is 5. The molecule has 0 atom stereocenters. The number of anilines is 2. The van der Waals surface area contributed by atoms with Gasteiger partial charge in [0.25, 0.3) is 0 Å². The Morgan fingerprint density at radius 3 is 2.56 bits per heavy atom. The van der Waals surface area contributed by atoms with Crippen molar-refractivity contribution in [2.75, 3.05) is 50.5 Å². The summed E-state index contributed by atoms with van der Waals surface area (Å²) in [7, 11) is 4.13. The second-order valence-corrected chi connectivity index (χ2v) is 9.46. The fraction of sp³-hybridized carbons (Fsp3) is 0.312. The third-order valence-electron chi connectivity index (χ3n) is 6.92. The molecule has 1 aromatic carbocycles. The Kier molecular flexibility index (Phi) is 10.5. The van der Waals surface area contributed by atoms with Gasteiger partial charge in [-0.3, -0.25) is 4.98 Å². The Hall–Kier alpha value is -4.28. The molecule has 4 rings (SSSR count). The molecule has 0 unspecified atom stereocenters. The molecule has 1 saturated heterocycles. The van der Waals surface area contributed by atoms with E-state index in [1.807, 2.05) is 25.5 Å². The zero-order valence-corrected chi connectivity index (χ0v) is 23.7. The number of nitrogens with zero attached hydrogens (tertiary/aromatic N) is 4. The van der Waals surface area contributed by atoms with Gasteiger partial charge in [0.05, 0.1) is 23.6 Å². The molecule has 2 aromatic heterocycles. The highest BCUT2D eigenvalue weighted by molar-refractivity contribution is 5.88. The topological polar surface area (TPSA) is 72.1 Å². The number of rotatable bonds is 10. The van der Waals surface area contributed by atoms with Crippen LogP contribution in [0.15, 0.2) is 73.4 Å². The molecule has 7 nitrogen and oxygen atoms in total. The van der Waals surface area contributed by atoms with Crippen LogP contribution < -0.4 is 15.5 Å². The quantitative estimate of drug-likeness (QED) is 0.238. The highest BCUT2D eigenvalue weighted by atomic mass is 15.3. The van der Waals surface area contributed by atoms with Crippen molar-refractivity contribution in [3.05, 3.63) is 90.3 Å². The van der Waals surface area contributed by atoms with Crippen LogP contribution >= 0.6 is 0 Å². The third-order valence-corrected chi connectivity index (χ3v) is 6.92. The number of fused-ring (bicyclic) bond motifs is 1. The summed E-state index contributed by atoms with van der Waals surface area (Å²) in [6, 6.07) is 6.51. The number of imidazole rings is 1. The van der Waals surface area contributed by atoms with Gasteiger partial charge in [-0.2, -0.15) is 0 Å². The fourth-order valence-electron chi connectivity index (χ4n) is 4.62. The molecule has 0 aliphatic carbocycles. The van der Waals surface area contributed by atoms with Crippen molar-refractivity contribution < 1.29 is 0 Å². The van der Waals surface area contributed by atoms with Crippen LogP contribution in [0.4, 0.5) is 11.4 Å². The maximum Gasteiger partial charge on any atom is 0.115 e. The summed E-state index contributed by atoms with van der Waals surface area (Å²) in [5.74, 6) is 0.928. The van der Waals surface area contributed by atoms with Gasteiger partial charge in [-0.15, -0.1) is 12.8 Å². The number of aromatic nitrogens is 3. The van der Waals surface area contributed by atoms with Crippen LogP contribution in [0.5, 0.6) is 0 Å². The highest BCUT2D eigenvalue weighted by Gasteiger charge is 2.19. The van der Waals surface area contributed by atoms with Crippen LogP contribution in [0.2, 0.25) is 0 Å². The Morgan fingerprint density at radius 1 is 1.18 bits per heavy atom. The predicted octanol–water partition coefficient (Wildman–Crippen LogP) is 5.58. The molecule has 204 valence electrons. The van der Waals surface area contributed by atoms with Crippen LogP contribution in [-0.4, -0.2) is 60.1 Å². The Labute approximate surface area is 233 Å². The minimum Gasteiger partial charge on any atom is -0.388 e. The number of hydrogen-bond acceptors (Lipinski definition) is 6. The average Bonchev–Trinajstić information content (AvgIpc) is 3.39. The number of terminal acetylenes is 1. The number of likely N-dealkylation sites (N-methyl/N-ethyl adjacent to an activating group) is 1. The maximum absolute atomic E-state index is 5.04. The molecule has 0 spiro atoms. The molecule has 3 heterocycles. The monoisotopic (exact) mass is 523 g/mol. The lowest BCUT2D eigenvalue weighted by atomic mass is 9.98. The molecule has 3 N–H and O–H groups in total. The Balaban J connectivity index is 0.00000205. The third kappa shape index (κ3) is 7.18. The highest BCUT2D eigenvalue weighted by Crippen LogP contribution is 2.28. The molecular formula is C32H41N7. The maximum atomic E-state index is 5.04. The molecule has 0 bridgehead atoms. The standard InChI is InChI=1S/C30H39N7.C2H2/c1-7-21(4)33-25(9-3)17-22(8-2)23-10-11-26(31-5)24(16-23)18-29-34-27-19-32-20-28(30(27)35-29)37-14-12-36(6)13-15-37;1-2/h8-11,16-17,19-20,31,33H,3-4,7,12-15,18H2,1-2,5-6H3,(H,34,35);1-2H/b22-8+,25-17+;. The Bertz CT molecular complexity index is 1370. The van der Waals surface area contributed by atoms with E-state index < -0.39 is 0 Å². The summed E-state index contributed by atoms with van der Waals surface area (Å²) in [4.78, 5) is 17.8. The van der Waals surface area contributed by atoms with E-state index in [0.717, 1.165) is 83.4 Å². The van der Waals surface area contributed by atoms with E-state index in [-0.39, 0.29) is 0 Å². The normalized spacial score (nSPS) is 14.5. The van der Waals surface area contributed by atoms with E-state index in [1.54, 1.807) is 0 Å². The molecule has 1 fully saturated rings. The molecule has 39 heavy (non-hydrogen) atoms. The number of benzene rings is 1. The van der Waals surface area contributed by atoms with E-state index >= 15 is 0 Å². The summed E-state index contributed by atoms with van der Waals surface area (Å²) in [6.45, 7) is 16.2. The van der Waals surface area contributed by atoms with Gasteiger partial charge < -0.3 is 25.4 Å². The summed E-state index contributed by atoms with van der Waals surface area (Å²) >= 11 is 0. The minimum absolute atomic E-state index is 0.681. The summed E-state index contributed by atoms with van der Waals surface area (Å²) in [5.41, 5.74) is 9.47. The second-order valence-electron chi connectivity index (χ2n) is 9.46. The number of aromatic amines is 1. The van der Waals surface area contributed by atoms with E-state index in [0.29, 0.717) is 6.42 Å². The first kappa shape index (κ1) is 29.3. The van der Waals surface area contributed by atoms with Crippen LogP contribution in [0.3, 0.4) is 0 Å². The fourth-order valence-corrected chi connectivity index (χ4v) is 4.62. The molecule has 1 aliphatic heterocycles. The Morgan fingerprint density at radius 2 is 1.92 bits per heavy atom. The first-order chi connectivity index (χ1) is 18.9. The summed E-state index contributed by atoms with van der Waals surface area (Å²) in [6.07, 6.45) is 19.4. The van der Waals surface area contributed by atoms with Gasteiger partial charge in [-0.05, 0) is 61.4 Å². The molecule has 0 amide bonds. The van der Waals surface area contributed by atoms with Crippen molar-refractivity contribution in [2.45, 2.75) is 26.7 Å². The minimum atomic E-state index is 0.681. The van der Waals surface area contributed by atoms with E-state index in [4.69, 9.17) is 4.98 Å². The lowest BCUT2D eigenvalue weighted by Gasteiger charge is -2.33. The number of pyridine rings is 1. The SMILES string of the molecule is C#C.C=C/C(=C\C(=C/C)c1ccc(NC)c(Cc2nc3c(N4CCN(C)CC4)cncc3[nH]2)c1)NC(=C)CC. The first-order valence-electron chi connectivity index (χ1n) is 13.3. The first-order valence-corrected chi connectivity index (χ1v) is 13.3. The summed E-state index contributed by atoms with van der Waals surface area (Å²) in [5, 5.41) is 6.69. The largest absolute Gasteiger partial charge is 0.388 e. The zero-order valence-electron chi connectivity index (χ0n) is 23.7. The zero-order chi connectivity index (χ0) is 28.4. The van der Waals surface area contributed by atoms with Crippen molar-refractivity contribution >= 4 is 28.0 Å². The van der Waals surface area contributed by atoms with E-state index in [1.165, 1.54) is 5.56 Å². The number of hydrogen-bond donors (Lipinski definition) is 3. The van der Waals surface area contributed by atoms with Crippen LogP contribution in [-0.2, 0) is 6.42 Å². The van der Waals surface area contributed by atoms with E-state index in [9.17, 15) is 0 Å². The van der Waals surface area contributed by atoms with Gasteiger partial charge in [0.2, 0.25) is 0 Å². The van der Waals surface area contributed by atoms with Crippen molar-refractivity contribution in [3.8, 4) is 12.8 Å². The number of H-pyrrole nitrogens is 1. The second kappa shape index (κ2) is 14.0. The van der Waals surface area contributed by atoms with Crippen molar-refractivity contribution in [1.82, 2.24) is 25.2 Å². The van der Waals surface area contributed by atoms with Gasteiger partial charge in [0.1, 0.15) is 11.3 Å². The number of nitrogens with one attached hydrogen (secondary N) is 3. The molecule has 0 radical (unpaired) electrons. The van der Waals surface area contributed by atoms with E-state index in [2.05, 4.69) is 108 Å². The lowest BCUT2D eigenvalue weighted by molar-refractivity contribution is 0.313. The molecule has 3 aromatic rings. The van der Waals surface area contributed by atoms with Gasteiger partial charge >= 0.3 is 0 Å². The number of piperazine rings is 1. The molecule has 0 saturated carbocycles. The van der Waals surface area contributed by atoms with Crippen LogP contribution in [0, 0.1) is 12.8 Å². The van der Waals surface area contributed by atoms with Crippen molar-refractivity contribution in [3.63, 3.8) is 0 Å². The average molecular weight is 524 g/mol. The molecule has 7 heteroatoms. The van der Waals surface area contributed by atoms with Gasteiger partial charge in [0, 0.05) is 56.7 Å².